The third-order valence-corrected chi connectivity index (χ3v) is 5.16. The molecule has 3 N–H and O–H groups in total. The van der Waals surface area contributed by atoms with Crippen molar-refractivity contribution in [2.75, 3.05) is 5.32 Å². The number of thiocarbonyl (C=S) groups is 1. The number of nitrogens with one attached hydrogen (secondary N) is 1. The number of anilines is 1. The molecule has 0 saturated heterocycles. The highest BCUT2D eigenvalue weighted by atomic mass is 32.1. The summed E-state index contributed by atoms with van der Waals surface area (Å²) in [6.45, 7) is 2.14. The summed E-state index contributed by atoms with van der Waals surface area (Å²) in [7, 11) is 0. The SMILES string of the molecule is CC(Nc1nc2c(cc1C(N)=S)CCCC2)c1cccs1. The van der Waals surface area contributed by atoms with Crippen molar-refractivity contribution in [2.24, 2.45) is 5.73 Å². The van der Waals surface area contributed by atoms with Crippen molar-refractivity contribution in [2.45, 2.75) is 38.6 Å². The van der Waals surface area contributed by atoms with Crippen LogP contribution in [-0.2, 0) is 12.8 Å². The Kier molecular flexibility index (Phi) is 4.22. The molecule has 3 rings (SSSR count). The van der Waals surface area contributed by atoms with Crippen molar-refractivity contribution in [3.8, 4) is 0 Å². The zero-order valence-electron chi connectivity index (χ0n) is 12.1. The number of nitrogens with two attached hydrogens (primary N) is 1. The van der Waals surface area contributed by atoms with Crippen LogP contribution in [0.1, 0.15) is 47.5 Å². The Morgan fingerprint density at radius 1 is 1.43 bits per heavy atom. The molecule has 1 aliphatic rings. The van der Waals surface area contributed by atoms with Gasteiger partial charge in [0.2, 0.25) is 0 Å². The highest BCUT2D eigenvalue weighted by molar-refractivity contribution is 7.80. The number of fused-ring (bicyclic) bond motifs is 1. The normalized spacial score (nSPS) is 15.3. The minimum absolute atomic E-state index is 0.201. The molecule has 1 atom stereocenters. The number of aryl methyl sites for hydroxylation is 2. The Balaban J connectivity index is 1.94. The van der Waals surface area contributed by atoms with Crippen LogP contribution < -0.4 is 11.1 Å². The zero-order valence-corrected chi connectivity index (χ0v) is 13.7. The van der Waals surface area contributed by atoms with Crippen molar-refractivity contribution in [1.29, 1.82) is 0 Å². The van der Waals surface area contributed by atoms with Crippen LogP contribution in [0.15, 0.2) is 23.6 Å². The molecule has 1 aliphatic carbocycles. The summed E-state index contributed by atoms with van der Waals surface area (Å²) in [5.74, 6) is 0.823. The lowest BCUT2D eigenvalue weighted by Gasteiger charge is -2.21. The third kappa shape index (κ3) is 3.09. The van der Waals surface area contributed by atoms with Crippen LogP contribution in [0, 0.1) is 0 Å². The van der Waals surface area contributed by atoms with E-state index in [9.17, 15) is 0 Å². The van der Waals surface area contributed by atoms with E-state index in [0.29, 0.717) is 4.99 Å². The van der Waals surface area contributed by atoms with E-state index in [4.69, 9.17) is 22.9 Å². The van der Waals surface area contributed by atoms with Gasteiger partial charge in [-0.1, -0.05) is 18.3 Å². The lowest BCUT2D eigenvalue weighted by atomic mass is 9.94. The van der Waals surface area contributed by atoms with Crippen molar-refractivity contribution >= 4 is 34.4 Å². The number of nitrogens with zero attached hydrogens (tertiary/aromatic N) is 1. The van der Waals surface area contributed by atoms with Gasteiger partial charge < -0.3 is 11.1 Å². The fourth-order valence-electron chi connectivity index (χ4n) is 2.75. The van der Waals surface area contributed by atoms with Crippen LogP contribution in [0.2, 0.25) is 0 Å². The molecule has 0 saturated carbocycles. The number of thiophene rings is 1. The number of rotatable bonds is 4. The largest absolute Gasteiger partial charge is 0.389 e. The lowest BCUT2D eigenvalue weighted by molar-refractivity contribution is 0.667. The summed E-state index contributed by atoms with van der Waals surface area (Å²) in [6.07, 6.45) is 4.57. The average molecular weight is 317 g/mol. The maximum absolute atomic E-state index is 5.90. The van der Waals surface area contributed by atoms with E-state index in [1.54, 1.807) is 11.3 Å². The van der Waals surface area contributed by atoms with Crippen LogP contribution in [0.25, 0.3) is 0 Å². The molecule has 0 fully saturated rings. The molecule has 0 aliphatic heterocycles. The van der Waals surface area contributed by atoms with E-state index in [-0.39, 0.29) is 6.04 Å². The first kappa shape index (κ1) is 14.5. The summed E-state index contributed by atoms with van der Waals surface area (Å²) in [4.78, 5) is 6.50. The van der Waals surface area contributed by atoms with E-state index in [2.05, 4.69) is 35.8 Å². The number of aromatic nitrogens is 1. The highest BCUT2D eigenvalue weighted by Gasteiger charge is 2.18. The second kappa shape index (κ2) is 6.12. The first-order chi connectivity index (χ1) is 10.1. The summed E-state index contributed by atoms with van der Waals surface area (Å²) in [6, 6.07) is 6.52. The number of pyridine rings is 1. The highest BCUT2D eigenvalue weighted by Crippen LogP contribution is 2.28. The first-order valence-corrected chi connectivity index (χ1v) is 8.56. The molecule has 0 bridgehead atoms. The smallest absolute Gasteiger partial charge is 0.137 e. The van der Waals surface area contributed by atoms with Crippen LogP contribution in [0.5, 0.6) is 0 Å². The summed E-state index contributed by atoms with van der Waals surface area (Å²) in [5.41, 5.74) is 9.27. The van der Waals surface area contributed by atoms with Gasteiger partial charge in [-0.3, -0.25) is 0 Å². The molecule has 0 amide bonds. The van der Waals surface area contributed by atoms with Gasteiger partial charge in [-0.15, -0.1) is 11.3 Å². The van der Waals surface area contributed by atoms with Gasteiger partial charge in [-0.25, -0.2) is 4.98 Å². The molecule has 2 heterocycles. The molecule has 2 aromatic rings. The second-order valence-electron chi connectivity index (χ2n) is 5.44. The number of hydrogen-bond acceptors (Lipinski definition) is 4. The van der Waals surface area contributed by atoms with E-state index < -0.39 is 0 Å². The van der Waals surface area contributed by atoms with Crippen LogP contribution in [0.4, 0.5) is 5.82 Å². The maximum Gasteiger partial charge on any atom is 0.137 e. The molecule has 0 aromatic carbocycles. The van der Waals surface area contributed by atoms with Gasteiger partial charge in [0, 0.05) is 10.6 Å². The van der Waals surface area contributed by atoms with Gasteiger partial charge in [-0.05, 0) is 55.7 Å². The molecular weight excluding hydrogens is 298 g/mol. The van der Waals surface area contributed by atoms with Gasteiger partial charge in [0.1, 0.15) is 10.8 Å². The van der Waals surface area contributed by atoms with Crippen molar-refractivity contribution < 1.29 is 0 Å². The molecule has 110 valence electrons. The Hall–Kier alpha value is -1.46. The Bertz CT molecular complexity index is 650. The van der Waals surface area contributed by atoms with Gasteiger partial charge in [-0.2, -0.15) is 0 Å². The van der Waals surface area contributed by atoms with Crippen LogP contribution >= 0.6 is 23.6 Å². The van der Waals surface area contributed by atoms with Crippen LogP contribution in [-0.4, -0.2) is 9.97 Å². The Labute approximate surface area is 134 Å². The summed E-state index contributed by atoms with van der Waals surface area (Å²) < 4.78 is 0. The van der Waals surface area contributed by atoms with Gasteiger partial charge in [0.15, 0.2) is 0 Å². The minimum atomic E-state index is 0.201. The van der Waals surface area contributed by atoms with E-state index in [1.807, 2.05) is 0 Å². The molecule has 0 spiro atoms. The van der Waals surface area contributed by atoms with E-state index in [1.165, 1.54) is 29.0 Å². The van der Waals surface area contributed by atoms with E-state index >= 15 is 0 Å². The van der Waals surface area contributed by atoms with Crippen LogP contribution in [0.3, 0.4) is 0 Å². The predicted octanol–water partition coefficient (Wildman–Crippen LogP) is 3.83. The molecule has 2 aromatic heterocycles. The summed E-state index contributed by atoms with van der Waals surface area (Å²) >= 11 is 6.95. The topological polar surface area (TPSA) is 50.9 Å². The fourth-order valence-corrected chi connectivity index (χ4v) is 3.64. The van der Waals surface area contributed by atoms with Crippen molar-refractivity contribution in [3.05, 3.63) is 45.3 Å². The third-order valence-electron chi connectivity index (χ3n) is 3.89. The Morgan fingerprint density at radius 3 is 2.95 bits per heavy atom. The molecule has 5 heteroatoms. The van der Waals surface area contributed by atoms with Gasteiger partial charge in [0.25, 0.3) is 0 Å². The Morgan fingerprint density at radius 2 is 2.24 bits per heavy atom. The zero-order chi connectivity index (χ0) is 14.8. The monoisotopic (exact) mass is 317 g/mol. The molecule has 21 heavy (non-hydrogen) atoms. The number of hydrogen-bond donors (Lipinski definition) is 2. The first-order valence-electron chi connectivity index (χ1n) is 7.27. The molecule has 1 unspecified atom stereocenters. The molecule has 0 radical (unpaired) electrons. The molecule has 3 nitrogen and oxygen atoms in total. The minimum Gasteiger partial charge on any atom is -0.389 e. The van der Waals surface area contributed by atoms with Crippen molar-refractivity contribution in [3.63, 3.8) is 0 Å². The maximum atomic E-state index is 5.90. The van der Waals surface area contributed by atoms with Crippen molar-refractivity contribution in [1.82, 2.24) is 4.98 Å². The second-order valence-corrected chi connectivity index (χ2v) is 6.86. The van der Waals surface area contributed by atoms with Gasteiger partial charge in [0.05, 0.1) is 11.6 Å². The predicted molar refractivity (Wildman–Crippen MR) is 93.1 cm³/mol. The molecular formula is C16H19N3S2. The average Bonchev–Trinajstić information content (AvgIpc) is 3.00. The summed E-state index contributed by atoms with van der Waals surface area (Å²) in [5, 5.41) is 5.56. The standard InChI is InChI=1S/C16H19N3S2/c1-10(14-7-4-8-21-14)18-16-12(15(17)20)9-11-5-2-3-6-13(11)19-16/h4,7-10H,2-3,5-6H2,1H3,(H2,17,20)(H,18,19). The lowest BCUT2D eigenvalue weighted by Crippen LogP contribution is -2.19. The van der Waals surface area contributed by atoms with Gasteiger partial charge >= 0.3 is 0 Å². The van der Waals surface area contributed by atoms with E-state index in [0.717, 1.165) is 24.2 Å². The quantitative estimate of drug-likeness (QED) is 0.842. The fraction of sp³-hybridized carbons (Fsp3) is 0.375.